The Kier molecular flexibility index (Phi) is 6.32. The average molecular weight is 479 g/mol. The molecule has 0 aliphatic rings. The highest BCUT2D eigenvalue weighted by Gasteiger charge is 2.22. The van der Waals surface area contributed by atoms with Crippen molar-refractivity contribution in [2.45, 2.75) is 19.9 Å². The molecule has 1 N–H and O–H groups in total. The maximum Gasteiger partial charge on any atom is 0.255 e. The molecule has 3 heterocycles. The maximum absolute atomic E-state index is 14.3. The van der Waals surface area contributed by atoms with E-state index in [4.69, 9.17) is 0 Å². The summed E-state index contributed by atoms with van der Waals surface area (Å²) in [4.78, 5) is 26.3. The van der Waals surface area contributed by atoms with Gasteiger partial charge >= 0.3 is 0 Å². The first kappa shape index (κ1) is 23.0. The number of rotatable bonds is 6. The van der Waals surface area contributed by atoms with Crippen LogP contribution in [0.2, 0.25) is 0 Å². The zero-order valence-corrected chi connectivity index (χ0v) is 19.8. The lowest BCUT2D eigenvalue weighted by Crippen LogP contribution is -2.29. The number of nitrogens with one attached hydrogen (secondary N) is 1. The van der Waals surface area contributed by atoms with E-state index in [0.717, 1.165) is 16.7 Å². The molecule has 1 amide bonds. The van der Waals surface area contributed by atoms with Crippen molar-refractivity contribution >= 4 is 5.91 Å². The van der Waals surface area contributed by atoms with Crippen LogP contribution in [0.3, 0.4) is 0 Å². The number of carbonyl (C=O) groups excluding carboxylic acids is 1. The summed E-state index contributed by atoms with van der Waals surface area (Å²) in [6.45, 7) is 3.79. The molecule has 1 atom stereocenters. The Balaban J connectivity index is 1.45. The molecule has 36 heavy (non-hydrogen) atoms. The highest BCUT2D eigenvalue weighted by molar-refractivity contribution is 5.95. The molecular formula is C28H23FN6O. The Labute approximate surface area is 207 Å². The van der Waals surface area contributed by atoms with Crippen molar-refractivity contribution in [3.05, 3.63) is 125 Å². The zero-order chi connectivity index (χ0) is 25.1. The smallest absolute Gasteiger partial charge is 0.255 e. The number of aromatic nitrogens is 5. The molecule has 0 spiro atoms. The van der Waals surface area contributed by atoms with Gasteiger partial charge < -0.3 is 5.32 Å². The number of nitrogens with zero attached hydrogens (tertiary/aromatic N) is 5. The molecule has 0 radical (unpaired) electrons. The Bertz CT molecular complexity index is 1520. The van der Waals surface area contributed by atoms with E-state index in [1.165, 1.54) is 16.9 Å². The van der Waals surface area contributed by atoms with Gasteiger partial charge in [0, 0.05) is 24.2 Å². The van der Waals surface area contributed by atoms with Crippen molar-refractivity contribution in [1.82, 2.24) is 30.0 Å². The number of hydrogen-bond acceptors (Lipinski definition) is 5. The molecule has 0 aliphatic carbocycles. The van der Waals surface area contributed by atoms with Gasteiger partial charge in [-0.2, -0.15) is 5.10 Å². The van der Waals surface area contributed by atoms with Gasteiger partial charge in [0.1, 0.15) is 5.82 Å². The summed E-state index contributed by atoms with van der Waals surface area (Å²) >= 11 is 0. The first-order chi connectivity index (χ1) is 17.5. The summed E-state index contributed by atoms with van der Waals surface area (Å²) in [6.07, 6.45) is 6.43. The van der Waals surface area contributed by atoms with Crippen molar-refractivity contribution in [3.63, 3.8) is 0 Å². The van der Waals surface area contributed by atoms with Crippen LogP contribution in [0.5, 0.6) is 0 Å². The van der Waals surface area contributed by atoms with E-state index in [1.807, 2.05) is 43.3 Å². The normalized spacial score (nSPS) is 11.8. The first-order valence-corrected chi connectivity index (χ1v) is 11.4. The largest absolute Gasteiger partial charge is 0.341 e. The third-order valence-corrected chi connectivity index (χ3v) is 5.96. The van der Waals surface area contributed by atoms with Crippen LogP contribution >= 0.6 is 0 Å². The Morgan fingerprint density at radius 2 is 1.64 bits per heavy atom. The molecule has 0 bridgehead atoms. The fourth-order valence-electron chi connectivity index (χ4n) is 3.99. The highest BCUT2D eigenvalue weighted by Crippen LogP contribution is 2.24. The third kappa shape index (κ3) is 4.61. The molecule has 3 aromatic heterocycles. The molecule has 178 valence electrons. The predicted octanol–water partition coefficient (Wildman–Crippen LogP) is 5.00. The summed E-state index contributed by atoms with van der Waals surface area (Å²) in [6, 6.07) is 19.4. The van der Waals surface area contributed by atoms with Crippen molar-refractivity contribution in [2.24, 2.45) is 0 Å². The van der Waals surface area contributed by atoms with Crippen LogP contribution in [0, 0.1) is 19.7 Å². The Morgan fingerprint density at radius 3 is 2.39 bits per heavy atom. The third-order valence-electron chi connectivity index (χ3n) is 5.96. The van der Waals surface area contributed by atoms with E-state index in [9.17, 15) is 9.18 Å². The average Bonchev–Trinajstić information content (AvgIpc) is 3.30. The standard InChI is InChI=1S/C28H23FN6O/c1-18-7-9-20(10-8-18)26(21-11-14-30-15-12-21)34-27(36)23-17-32-35(19(23)2)28-31-16-13-25(33-28)22-5-3-4-6-24(22)29/h3-17,26H,1-2H3,(H,34,36)/t26-/m0/s1. The van der Waals surface area contributed by atoms with Gasteiger partial charge in [-0.1, -0.05) is 42.0 Å². The van der Waals surface area contributed by atoms with E-state index >= 15 is 0 Å². The summed E-state index contributed by atoms with van der Waals surface area (Å²) in [5.41, 5.74) is 4.74. The van der Waals surface area contributed by atoms with Crippen LogP contribution in [-0.2, 0) is 0 Å². The quantitative estimate of drug-likeness (QED) is 0.371. The number of pyridine rings is 1. The van der Waals surface area contributed by atoms with Gasteiger partial charge in [-0.15, -0.1) is 0 Å². The van der Waals surface area contributed by atoms with Crippen molar-refractivity contribution in [1.29, 1.82) is 0 Å². The molecule has 5 rings (SSSR count). The zero-order valence-electron chi connectivity index (χ0n) is 19.8. The lowest BCUT2D eigenvalue weighted by Gasteiger charge is -2.20. The lowest BCUT2D eigenvalue weighted by molar-refractivity contribution is 0.0942. The molecule has 0 aliphatic heterocycles. The summed E-state index contributed by atoms with van der Waals surface area (Å²) < 4.78 is 15.8. The van der Waals surface area contributed by atoms with Gasteiger partial charge in [0.05, 0.1) is 29.2 Å². The molecule has 7 nitrogen and oxygen atoms in total. The first-order valence-electron chi connectivity index (χ1n) is 11.4. The number of benzene rings is 2. The van der Waals surface area contributed by atoms with Crippen LogP contribution in [0.4, 0.5) is 4.39 Å². The van der Waals surface area contributed by atoms with Gasteiger partial charge in [-0.25, -0.2) is 19.0 Å². The highest BCUT2D eigenvalue weighted by atomic mass is 19.1. The maximum atomic E-state index is 14.3. The Morgan fingerprint density at radius 1 is 0.917 bits per heavy atom. The topological polar surface area (TPSA) is 85.6 Å². The fraction of sp³-hybridized carbons (Fsp3) is 0.107. The van der Waals surface area contributed by atoms with Crippen LogP contribution in [0.25, 0.3) is 17.2 Å². The minimum atomic E-state index is -0.377. The van der Waals surface area contributed by atoms with E-state index in [2.05, 4.69) is 25.4 Å². The van der Waals surface area contributed by atoms with Crippen molar-refractivity contribution in [3.8, 4) is 17.2 Å². The van der Waals surface area contributed by atoms with Crippen LogP contribution in [-0.4, -0.2) is 30.6 Å². The van der Waals surface area contributed by atoms with Crippen LogP contribution in [0.1, 0.15) is 38.8 Å². The molecule has 5 aromatic rings. The number of amides is 1. The van der Waals surface area contributed by atoms with E-state index in [1.54, 1.807) is 49.8 Å². The van der Waals surface area contributed by atoms with Gasteiger partial charge in [0.2, 0.25) is 0 Å². The van der Waals surface area contributed by atoms with Crippen LogP contribution < -0.4 is 5.32 Å². The molecule has 0 fully saturated rings. The van der Waals surface area contributed by atoms with E-state index in [0.29, 0.717) is 22.5 Å². The monoisotopic (exact) mass is 478 g/mol. The number of halogens is 1. The summed E-state index contributed by atoms with van der Waals surface area (Å²) in [5, 5.41) is 7.48. The number of carbonyl (C=O) groups is 1. The second-order valence-electron chi connectivity index (χ2n) is 8.37. The molecular weight excluding hydrogens is 455 g/mol. The van der Waals surface area contributed by atoms with Gasteiger partial charge in [0.25, 0.3) is 11.9 Å². The second-order valence-corrected chi connectivity index (χ2v) is 8.37. The van der Waals surface area contributed by atoms with Crippen molar-refractivity contribution in [2.75, 3.05) is 0 Å². The molecule has 8 heteroatoms. The van der Waals surface area contributed by atoms with E-state index < -0.39 is 0 Å². The Hall–Kier alpha value is -4.72. The number of aryl methyl sites for hydroxylation is 1. The second kappa shape index (κ2) is 9.87. The van der Waals surface area contributed by atoms with Crippen molar-refractivity contribution < 1.29 is 9.18 Å². The molecule has 2 aromatic carbocycles. The summed E-state index contributed by atoms with van der Waals surface area (Å²) in [7, 11) is 0. The molecule has 0 unspecified atom stereocenters. The SMILES string of the molecule is Cc1ccc([C@H](NC(=O)c2cnn(-c3nccc(-c4ccccc4F)n3)c2C)c2ccncc2)cc1. The molecule has 0 saturated carbocycles. The summed E-state index contributed by atoms with van der Waals surface area (Å²) in [5.74, 6) is -0.416. The van der Waals surface area contributed by atoms with Gasteiger partial charge in [-0.05, 0) is 55.3 Å². The number of hydrogen-bond donors (Lipinski definition) is 1. The lowest BCUT2D eigenvalue weighted by atomic mass is 9.98. The van der Waals surface area contributed by atoms with Gasteiger partial charge in [-0.3, -0.25) is 9.78 Å². The molecule has 0 saturated heterocycles. The fourth-order valence-corrected chi connectivity index (χ4v) is 3.99. The minimum absolute atomic E-state index is 0.247. The minimum Gasteiger partial charge on any atom is -0.341 e. The van der Waals surface area contributed by atoms with Crippen LogP contribution in [0.15, 0.2) is 91.5 Å². The van der Waals surface area contributed by atoms with Gasteiger partial charge in [0.15, 0.2) is 0 Å². The van der Waals surface area contributed by atoms with E-state index in [-0.39, 0.29) is 23.7 Å². The predicted molar refractivity (Wildman–Crippen MR) is 134 cm³/mol.